The molecule has 0 aromatic heterocycles. The predicted octanol–water partition coefficient (Wildman–Crippen LogP) is 4.66. The van der Waals surface area contributed by atoms with Crippen LogP contribution in [0.25, 0.3) is 0 Å². The van der Waals surface area contributed by atoms with Crippen molar-refractivity contribution in [3.05, 3.63) is 0 Å². The zero-order valence-corrected chi connectivity index (χ0v) is 19.6. The Labute approximate surface area is 182 Å². The van der Waals surface area contributed by atoms with Crippen LogP contribution in [0.5, 0.6) is 0 Å². The van der Waals surface area contributed by atoms with E-state index in [0.29, 0.717) is 33.3 Å². The minimum atomic E-state index is -0.703. The zero-order chi connectivity index (χ0) is 18.3. The van der Waals surface area contributed by atoms with Gasteiger partial charge in [-0.2, -0.15) is 55.5 Å². The maximum atomic E-state index is 11.0. The van der Waals surface area contributed by atoms with E-state index in [2.05, 4.69) is 60.5 Å². The maximum absolute atomic E-state index is 11.0. The first-order valence-corrected chi connectivity index (χ1v) is 13.2. The van der Waals surface area contributed by atoms with Gasteiger partial charge in [-0.3, -0.25) is 0 Å². The van der Waals surface area contributed by atoms with Gasteiger partial charge in [0.2, 0.25) is 12.2 Å². The zero-order valence-electron chi connectivity index (χ0n) is 12.8. The van der Waals surface area contributed by atoms with Crippen molar-refractivity contribution in [3.8, 4) is 0 Å². The third-order valence-electron chi connectivity index (χ3n) is 2.84. The van der Waals surface area contributed by atoms with Crippen LogP contribution in [0, 0.1) is 0 Å². The van der Waals surface area contributed by atoms with E-state index >= 15 is 0 Å². The summed E-state index contributed by atoms with van der Waals surface area (Å²) in [5, 5.41) is 2.29. The molecule has 0 radical (unpaired) electrons. The predicted molar refractivity (Wildman–Crippen MR) is 126 cm³/mol. The molecule has 0 atom stereocenters. The third kappa shape index (κ3) is 10.0. The average Bonchev–Trinajstić information content (AvgIpc) is 2.53. The van der Waals surface area contributed by atoms with E-state index in [0.717, 1.165) is 12.8 Å². The Balaban J connectivity index is 5.52. The Bertz CT molecular complexity index is 429. The average molecular weight is 481 g/mol. The van der Waals surface area contributed by atoms with Gasteiger partial charge < -0.3 is 0 Å². The molecule has 0 saturated carbocycles. The highest BCUT2D eigenvalue weighted by Gasteiger charge is 2.42. The van der Waals surface area contributed by atoms with Crippen LogP contribution < -0.4 is 0 Å². The first kappa shape index (κ1) is 25.6. The Kier molecular flexibility index (Phi) is 16.6. The number of nitrogens with zero attached hydrogens (tertiary/aromatic N) is 2. The van der Waals surface area contributed by atoms with Gasteiger partial charge >= 0.3 is 0 Å². The Hall–Kier alpha value is 1.56. The van der Waals surface area contributed by atoms with E-state index in [9.17, 15) is 9.59 Å². The van der Waals surface area contributed by atoms with E-state index in [1.54, 1.807) is 35.7 Å². The molecule has 0 amide bonds. The molecule has 4 nitrogen and oxygen atoms in total. The molecule has 138 valence electrons. The van der Waals surface area contributed by atoms with Gasteiger partial charge in [-0.15, -0.1) is 47.0 Å². The van der Waals surface area contributed by atoms with Crippen molar-refractivity contribution < 1.29 is 9.59 Å². The lowest BCUT2D eigenvalue weighted by Gasteiger charge is -2.38. The Morgan fingerprint density at radius 1 is 0.833 bits per heavy atom. The molecule has 0 aliphatic heterocycles. The smallest absolute Gasteiger partial charge is 0.211 e. The topological polar surface area (TPSA) is 58.9 Å². The minimum Gasteiger partial charge on any atom is -0.211 e. The van der Waals surface area contributed by atoms with E-state index < -0.39 is 4.20 Å². The molecule has 0 aliphatic carbocycles. The molecule has 0 aliphatic rings. The van der Waals surface area contributed by atoms with Gasteiger partial charge in [0.1, 0.15) is 0 Å². The number of hydrogen-bond donors (Lipinski definition) is 4. The molecule has 0 aromatic rings. The van der Waals surface area contributed by atoms with E-state index in [1.807, 2.05) is 0 Å². The first-order chi connectivity index (χ1) is 11.6. The largest absolute Gasteiger partial charge is 0.237 e. The summed E-state index contributed by atoms with van der Waals surface area (Å²) in [6, 6.07) is 0. The van der Waals surface area contributed by atoms with Crippen LogP contribution in [0.15, 0.2) is 9.98 Å². The molecule has 0 aromatic carbocycles. The highest BCUT2D eigenvalue weighted by atomic mass is 32.2. The number of rotatable bonds is 15. The van der Waals surface area contributed by atoms with Crippen molar-refractivity contribution in [2.75, 3.05) is 26.9 Å². The molecule has 0 bridgehead atoms. The van der Waals surface area contributed by atoms with Gasteiger partial charge in [0.05, 0.1) is 10.6 Å². The van der Waals surface area contributed by atoms with Crippen LogP contribution >= 0.6 is 97.6 Å². The lowest BCUT2D eigenvalue weighted by atomic mass is 10.1. The summed E-state index contributed by atoms with van der Waals surface area (Å²) in [5.74, 6) is 0. The van der Waals surface area contributed by atoms with Gasteiger partial charge in [-0.1, -0.05) is 0 Å². The van der Waals surface area contributed by atoms with Crippen LogP contribution in [0.2, 0.25) is 0 Å². The third-order valence-corrected chi connectivity index (χ3v) is 9.44. The van der Waals surface area contributed by atoms with Crippen molar-refractivity contribution in [2.24, 2.45) is 9.98 Å². The summed E-state index contributed by atoms with van der Waals surface area (Å²) < 4.78 is -0.959. The molecule has 0 rings (SSSR count). The number of aliphatic imine (C=N–C) groups is 2. The van der Waals surface area contributed by atoms with Gasteiger partial charge in [0.25, 0.3) is 0 Å². The van der Waals surface area contributed by atoms with E-state index in [4.69, 9.17) is 0 Å². The summed E-state index contributed by atoms with van der Waals surface area (Å²) in [6.07, 6.45) is 5.38. The fourth-order valence-corrected chi connectivity index (χ4v) is 10.5. The van der Waals surface area contributed by atoms with Gasteiger partial charge in [0.15, 0.2) is 4.20 Å². The second kappa shape index (κ2) is 15.6. The molecule has 0 saturated heterocycles. The summed E-state index contributed by atoms with van der Waals surface area (Å²) in [4.78, 5) is 29.0. The molecule has 0 N–H and O–H groups in total. The second-order valence-corrected chi connectivity index (χ2v) is 12.9. The van der Waals surface area contributed by atoms with Gasteiger partial charge in [-0.25, -0.2) is 14.6 Å². The van der Waals surface area contributed by atoms with Crippen LogP contribution in [-0.2, 0) is 9.59 Å². The number of thiol groups is 4. The molecule has 0 unspecified atom stereocenters. The summed E-state index contributed by atoms with van der Waals surface area (Å²) in [5.41, 5.74) is 0. The molecular formula is C12H20N2O2S8. The lowest BCUT2D eigenvalue weighted by Crippen LogP contribution is -2.32. The fourth-order valence-electron chi connectivity index (χ4n) is 1.94. The van der Waals surface area contributed by atoms with Gasteiger partial charge in [-0.05, 0) is 12.8 Å². The first-order valence-electron chi connectivity index (χ1n) is 6.69. The molecule has 0 heterocycles. The highest BCUT2D eigenvalue weighted by molar-refractivity contribution is 8.25. The molecular weight excluding hydrogens is 461 g/mol. The second-order valence-electron chi connectivity index (χ2n) is 4.17. The number of hydrogen-bond acceptors (Lipinski definition) is 12. The maximum Gasteiger partial charge on any atom is 0.237 e. The summed E-state index contributed by atoms with van der Waals surface area (Å²) >= 11 is 23.6. The van der Waals surface area contributed by atoms with Crippen molar-refractivity contribution >= 4 is 110 Å². The molecule has 12 heteroatoms. The van der Waals surface area contributed by atoms with Crippen molar-refractivity contribution in [1.29, 1.82) is 0 Å². The Morgan fingerprint density at radius 3 is 1.79 bits per heavy atom. The molecule has 24 heavy (non-hydrogen) atoms. The molecule has 0 fully saturated rings. The minimum absolute atomic E-state index is 0.256. The quantitative estimate of drug-likeness (QED) is 0.0899. The van der Waals surface area contributed by atoms with Gasteiger partial charge in [0, 0.05) is 26.8 Å². The molecule has 0 spiro atoms. The normalized spacial score (nSPS) is 11.7. The SMILES string of the molecule is O=C=NCCCC(CC(N=C=O)(SCS)SCS)(SCS)SCS. The van der Waals surface area contributed by atoms with Crippen LogP contribution in [-0.4, -0.2) is 47.3 Å². The van der Waals surface area contributed by atoms with Crippen LogP contribution in [0.4, 0.5) is 0 Å². The number of carbonyl (C=O) groups excluding carboxylic acids is 2. The van der Waals surface area contributed by atoms with E-state index in [-0.39, 0.29) is 4.08 Å². The Morgan fingerprint density at radius 2 is 1.38 bits per heavy atom. The fraction of sp³-hybridized carbons (Fsp3) is 0.833. The monoisotopic (exact) mass is 480 g/mol. The standard InChI is InChI=1S/C12H20N2O2S8/c15-5-13-3-1-2-11(21-7-17,22-8-18)4-12(14-6-16,23-9-19)24-10-20/h17-20H,1-4,7-10H2. The summed E-state index contributed by atoms with van der Waals surface area (Å²) in [7, 11) is 0. The highest BCUT2D eigenvalue weighted by Crippen LogP contribution is 2.54. The summed E-state index contributed by atoms with van der Waals surface area (Å²) in [6.45, 7) is 0.425. The number of thioether (sulfide) groups is 4. The van der Waals surface area contributed by atoms with Crippen LogP contribution in [0.1, 0.15) is 19.3 Å². The van der Waals surface area contributed by atoms with Crippen molar-refractivity contribution in [2.45, 2.75) is 27.5 Å². The van der Waals surface area contributed by atoms with Crippen LogP contribution in [0.3, 0.4) is 0 Å². The van der Waals surface area contributed by atoms with E-state index in [1.165, 1.54) is 23.5 Å². The van der Waals surface area contributed by atoms with Crippen molar-refractivity contribution in [3.63, 3.8) is 0 Å². The lowest BCUT2D eigenvalue weighted by molar-refractivity contribution is 0.551. The van der Waals surface area contributed by atoms with Crippen molar-refractivity contribution in [1.82, 2.24) is 0 Å². The number of isocyanates is 2.